The first kappa shape index (κ1) is 16.9. The molecule has 0 aliphatic heterocycles. The Morgan fingerprint density at radius 3 is 2.31 bits per heavy atom. The van der Waals surface area contributed by atoms with Crippen LogP contribution < -0.4 is 10.6 Å². The molecule has 0 spiro atoms. The van der Waals surface area contributed by atoms with Crippen LogP contribution in [0.1, 0.15) is 0 Å². The number of non-ortho nitro benzene ring substituents is 1. The molecule has 130 valence electrons. The van der Waals surface area contributed by atoms with Crippen LogP contribution >= 0.6 is 0 Å². The fourth-order valence-corrected chi connectivity index (χ4v) is 2.47. The van der Waals surface area contributed by atoms with Gasteiger partial charge in [-0.3, -0.25) is 19.7 Å². The maximum atomic E-state index is 12.1. The first-order valence-electron chi connectivity index (χ1n) is 7.53. The highest BCUT2D eigenvalue weighted by molar-refractivity contribution is 6.44. The smallest absolute Gasteiger partial charge is 0.314 e. The number of hydrogen-bond acceptors (Lipinski definition) is 5. The molecule has 2 amide bonds. The monoisotopic (exact) mass is 351 g/mol. The topological polar surface area (TPSA) is 122 Å². The van der Waals surface area contributed by atoms with Gasteiger partial charge >= 0.3 is 11.8 Å². The summed E-state index contributed by atoms with van der Waals surface area (Å²) in [5, 5.41) is 26.5. The van der Waals surface area contributed by atoms with Crippen molar-refractivity contribution in [1.82, 2.24) is 0 Å². The molecule has 26 heavy (non-hydrogen) atoms. The van der Waals surface area contributed by atoms with Crippen molar-refractivity contribution in [3.63, 3.8) is 0 Å². The number of benzene rings is 3. The van der Waals surface area contributed by atoms with Crippen molar-refractivity contribution >= 4 is 39.6 Å². The predicted molar refractivity (Wildman–Crippen MR) is 96.0 cm³/mol. The molecular formula is C18H13N3O5. The Morgan fingerprint density at radius 2 is 1.54 bits per heavy atom. The second-order valence-corrected chi connectivity index (χ2v) is 5.39. The fraction of sp³-hybridized carbons (Fsp3) is 0. The first-order valence-corrected chi connectivity index (χ1v) is 7.53. The number of hydrogen-bond donors (Lipinski definition) is 3. The molecule has 0 aliphatic carbocycles. The molecule has 3 N–H and O–H groups in total. The Balaban J connectivity index is 1.78. The van der Waals surface area contributed by atoms with E-state index in [1.54, 1.807) is 30.3 Å². The maximum absolute atomic E-state index is 12.1. The van der Waals surface area contributed by atoms with Gasteiger partial charge in [-0.05, 0) is 18.2 Å². The minimum Gasteiger partial charge on any atom is -0.507 e. The van der Waals surface area contributed by atoms with Crippen LogP contribution in [0, 0.1) is 10.1 Å². The summed E-state index contributed by atoms with van der Waals surface area (Å²) in [6.45, 7) is 0. The molecule has 0 unspecified atom stereocenters. The molecule has 8 heteroatoms. The van der Waals surface area contributed by atoms with Gasteiger partial charge in [-0.2, -0.15) is 0 Å². The molecule has 0 heterocycles. The number of nitrogens with one attached hydrogen (secondary N) is 2. The van der Waals surface area contributed by atoms with E-state index >= 15 is 0 Å². The molecule has 3 aromatic rings. The quantitative estimate of drug-likeness (QED) is 0.380. The van der Waals surface area contributed by atoms with E-state index in [4.69, 9.17) is 0 Å². The van der Waals surface area contributed by atoms with Crippen LogP contribution in [0.15, 0.2) is 60.7 Å². The number of anilines is 2. The van der Waals surface area contributed by atoms with Gasteiger partial charge in [-0.1, -0.05) is 30.3 Å². The molecule has 0 fully saturated rings. The molecule has 0 saturated carbocycles. The molecule has 3 rings (SSSR count). The average molecular weight is 351 g/mol. The van der Waals surface area contributed by atoms with E-state index in [2.05, 4.69) is 10.6 Å². The number of carbonyl (C=O) groups excluding carboxylic acids is 2. The minimum absolute atomic E-state index is 0.0552. The summed E-state index contributed by atoms with van der Waals surface area (Å²) in [6.07, 6.45) is 0. The molecule has 0 aromatic heterocycles. The molecular weight excluding hydrogens is 338 g/mol. The van der Waals surface area contributed by atoms with Crippen LogP contribution in [0.3, 0.4) is 0 Å². The summed E-state index contributed by atoms with van der Waals surface area (Å²) in [7, 11) is 0. The molecule has 0 bridgehead atoms. The normalized spacial score (nSPS) is 10.3. The van der Waals surface area contributed by atoms with E-state index in [-0.39, 0.29) is 17.1 Å². The van der Waals surface area contributed by atoms with Gasteiger partial charge in [0.05, 0.1) is 4.92 Å². The van der Waals surface area contributed by atoms with Crippen LogP contribution in [0.2, 0.25) is 0 Å². The standard InChI is InChI=1S/C18H13N3O5/c22-16-9-3-6-13-14(16)7-2-8-15(13)20-18(24)17(23)19-11-4-1-5-12(10-11)21(25)26/h1-10,22H,(H,19,23)(H,20,24). The number of carbonyl (C=O) groups is 2. The lowest BCUT2D eigenvalue weighted by Crippen LogP contribution is -2.29. The van der Waals surface area contributed by atoms with Crippen molar-refractivity contribution < 1.29 is 19.6 Å². The zero-order valence-electron chi connectivity index (χ0n) is 13.3. The Hall–Kier alpha value is -3.94. The molecule has 0 radical (unpaired) electrons. The number of rotatable bonds is 3. The zero-order chi connectivity index (χ0) is 18.7. The van der Waals surface area contributed by atoms with Gasteiger partial charge in [0, 0.05) is 34.3 Å². The van der Waals surface area contributed by atoms with Crippen molar-refractivity contribution in [3.05, 3.63) is 70.8 Å². The first-order chi connectivity index (χ1) is 12.5. The van der Waals surface area contributed by atoms with Crippen LogP contribution in [-0.2, 0) is 9.59 Å². The van der Waals surface area contributed by atoms with E-state index in [9.17, 15) is 24.8 Å². The number of fused-ring (bicyclic) bond motifs is 1. The van der Waals surface area contributed by atoms with Crippen LogP contribution in [0.25, 0.3) is 10.8 Å². The number of amides is 2. The predicted octanol–water partition coefficient (Wildman–Crippen LogP) is 3.03. The summed E-state index contributed by atoms with van der Waals surface area (Å²) in [5.41, 5.74) is 0.292. The van der Waals surface area contributed by atoms with E-state index in [0.29, 0.717) is 16.5 Å². The van der Waals surface area contributed by atoms with Crippen molar-refractivity contribution in [1.29, 1.82) is 0 Å². The van der Waals surface area contributed by atoms with Crippen molar-refractivity contribution in [2.75, 3.05) is 10.6 Å². The second kappa shape index (κ2) is 6.89. The van der Waals surface area contributed by atoms with Gasteiger partial charge in [0.15, 0.2) is 0 Å². The Bertz CT molecular complexity index is 1030. The SMILES string of the molecule is O=C(Nc1cccc([N+](=O)[O-])c1)C(=O)Nc1cccc2c(O)cccc12. The highest BCUT2D eigenvalue weighted by Crippen LogP contribution is 2.29. The van der Waals surface area contributed by atoms with Gasteiger partial charge < -0.3 is 15.7 Å². The Kier molecular flexibility index (Phi) is 4.48. The molecule has 8 nitrogen and oxygen atoms in total. The molecule has 3 aromatic carbocycles. The summed E-state index contributed by atoms with van der Waals surface area (Å²) in [6, 6.07) is 15.0. The lowest BCUT2D eigenvalue weighted by molar-refractivity contribution is -0.384. The third-order valence-corrected chi connectivity index (χ3v) is 3.67. The van der Waals surface area contributed by atoms with Gasteiger partial charge in [0.25, 0.3) is 5.69 Å². The lowest BCUT2D eigenvalue weighted by atomic mass is 10.1. The zero-order valence-corrected chi connectivity index (χ0v) is 13.3. The van der Waals surface area contributed by atoms with E-state index in [1.807, 2.05) is 0 Å². The summed E-state index contributed by atoms with van der Waals surface area (Å²) in [5.74, 6) is -1.85. The lowest BCUT2D eigenvalue weighted by Gasteiger charge is -2.10. The van der Waals surface area contributed by atoms with E-state index in [0.717, 1.165) is 6.07 Å². The average Bonchev–Trinajstić information content (AvgIpc) is 2.62. The van der Waals surface area contributed by atoms with Crippen LogP contribution in [0.5, 0.6) is 5.75 Å². The molecule has 0 atom stereocenters. The van der Waals surface area contributed by atoms with E-state index in [1.165, 1.54) is 24.3 Å². The van der Waals surface area contributed by atoms with Gasteiger partial charge in [-0.25, -0.2) is 0 Å². The van der Waals surface area contributed by atoms with Crippen molar-refractivity contribution in [2.45, 2.75) is 0 Å². The largest absolute Gasteiger partial charge is 0.507 e. The number of nitrogens with zero attached hydrogens (tertiary/aromatic N) is 1. The van der Waals surface area contributed by atoms with Gasteiger partial charge in [0.1, 0.15) is 5.75 Å². The molecule has 0 aliphatic rings. The summed E-state index contributed by atoms with van der Waals surface area (Å²) >= 11 is 0. The number of phenolic OH excluding ortho intramolecular Hbond substituents is 1. The van der Waals surface area contributed by atoms with Crippen LogP contribution in [-0.4, -0.2) is 21.8 Å². The summed E-state index contributed by atoms with van der Waals surface area (Å²) in [4.78, 5) is 34.4. The maximum Gasteiger partial charge on any atom is 0.314 e. The van der Waals surface area contributed by atoms with Gasteiger partial charge in [-0.15, -0.1) is 0 Å². The highest BCUT2D eigenvalue weighted by Gasteiger charge is 2.17. The second-order valence-electron chi connectivity index (χ2n) is 5.39. The van der Waals surface area contributed by atoms with Crippen molar-refractivity contribution in [3.8, 4) is 5.75 Å². The van der Waals surface area contributed by atoms with Crippen molar-refractivity contribution in [2.24, 2.45) is 0 Å². The minimum atomic E-state index is -0.970. The summed E-state index contributed by atoms with van der Waals surface area (Å²) < 4.78 is 0. The third-order valence-electron chi connectivity index (χ3n) is 3.67. The highest BCUT2D eigenvalue weighted by atomic mass is 16.6. The number of nitro benzene ring substituents is 1. The number of aromatic hydroxyl groups is 1. The fourth-order valence-electron chi connectivity index (χ4n) is 2.47. The van der Waals surface area contributed by atoms with Crippen LogP contribution in [0.4, 0.5) is 17.1 Å². The Morgan fingerprint density at radius 1 is 0.885 bits per heavy atom. The number of nitro groups is 1. The Labute approximate surface area is 147 Å². The third kappa shape index (κ3) is 3.44. The van der Waals surface area contributed by atoms with E-state index < -0.39 is 16.7 Å². The number of phenols is 1. The van der Waals surface area contributed by atoms with Gasteiger partial charge in [0.2, 0.25) is 0 Å². The molecule has 0 saturated heterocycles.